The first-order valence-corrected chi connectivity index (χ1v) is 6.72. The number of carboxylic acids is 1. The van der Waals surface area contributed by atoms with Crippen LogP contribution in [-0.4, -0.2) is 28.6 Å². The van der Waals surface area contributed by atoms with Crippen LogP contribution in [0.3, 0.4) is 0 Å². The summed E-state index contributed by atoms with van der Waals surface area (Å²) >= 11 is 0. The lowest BCUT2D eigenvalue weighted by Gasteiger charge is -2.32. The Morgan fingerprint density at radius 2 is 1.89 bits per heavy atom. The third-order valence-corrected chi connectivity index (χ3v) is 3.02. The average molecular weight is 264 g/mol. The van der Waals surface area contributed by atoms with Gasteiger partial charge in [-0.1, -0.05) is 13.8 Å². The van der Waals surface area contributed by atoms with Gasteiger partial charge in [0.05, 0.1) is 11.4 Å². The number of carbonyl (C=O) groups is 1. The van der Waals surface area contributed by atoms with Gasteiger partial charge in [-0.05, 0) is 39.7 Å². The summed E-state index contributed by atoms with van der Waals surface area (Å²) in [5.74, 6) is -0.438. The van der Waals surface area contributed by atoms with E-state index in [4.69, 9.17) is 0 Å². The van der Waals surface area contributed by atoms with E-state index in [9.17, 15) is 9.90 Å². The Bertz CT molecular complexity index is 467. The van der Waals surface area contributed by atoms with E-state index in [2.05, 4.69) is 37.6 Å². The Hall–Kier alpha value is -1.58. The number of aromatic carboxylic acids is 1. The van der Waals surface area contributed by atoms with E-state index in [0.717, 1.165) is 17.9 Å². The highest BCUT2D eigenvalue weighted by atomic mass is 16.4. The minimum absolute atomic E-state index is 0.252. The van der Waals surface area contributed by atoms with Gasteiger partial charge in [-0.15, -0.1) is 0 Å². The molecule has 0 bridgehead atoms. The fourth-order valence-corrected chi connectivity index (χ4v) is 2.28. The Kier molecular flexibility index (Phi) is 4.92. The quantitative estimate of drug-likeness (QED) is 0.886. The van der Waals surface area contributed by atoms with Crippen molar-refractivity contribution in [3.8, 4) is 0 Å². The third kappa shape index (κ3) is 3.69. The molecular weight excluding hydrogens is 240 g/mol. The molecule has 1 aromatic rings. The van der Waals surface area contributed by atoms with Gasteiger partial charge in [0.1, 0.15) is 5.56 Å². The highest BCUT2D eigenvalue weighted by molar-refractivity contribution is 5.95. The van der Waals surface area contributed by atoms with E-state index < -0.39 is 5.97 Å². The van der Waals surface area contributed by atoms with Crippen LogP contribution in [0.1, 0.15) is 49.4 Å². The zero-order chi connectivity index (χ0) is 14.7. The molecule has 0 aliphatic rings. The maximum absolute atomic E-state index is 11.5. The molecule has 0 fully saturated rings. The summed E-state index contributed by atoms with van der Waals surface area (Å²) in [6.07, 6.45) is 0. The predicted octanol–water partition coefficient (Wildman–Crippen LogP) is 3.27. The van der Waals surface area contributed by atoms with E-state index >= 15 is 0 Å². The highest BCUT2D eigenvalue weighted by Crippen LogP contribution is 2.26. The maximum atomic E-state index is 11.5. The molecule has 0 radical (unpaired) electrons. The minimum Gasteiger partial charge on any atom is -0.478 e. The van der Waals surface area contributed by atoms with Crippen molar-refractivity contribution in [3.63, 3.8) is 0 Å². The Balaban J connectivity index is 3.39. The summed E-state index contributed by atoms with van der Waals surface area (Å²) in [6.45, 7) is 12.9. The smallest absolute Gasteiger partial charge is 0.339 e. The van der Waals surface area contributed by atoms with Gasteiger partial charge in [-0.2, -0.15) is 0 Å². The molecular formula is C15H24N2O2. The predicted molar refractivity (Wildman–Crippen MR) is 78.0 cm³/mol. The van der Waals surface area contributed by atoms with Crippen LogP contribution < -0.4 is 4.90 Å². The molecule has 1 aromatic heterocycles. The SMILES string of the molecule is Cc1cc(N(CC(C)C)C(C)C)c(C(=O)O)c(C)n1. The molecule has 0 unspecified atom stereocenters. The first-order chi connectivity index (χ1) is 8.73. The summed E-state index contributed by atoms with van der Waals surface area (Å²) in [4.78, 5) is 17.9. The molecule has 4 nitrogen and oxygen atoms in total. The van der Waals surface area contributed by atoms with Crippen molar-refractivity contribution in [2.45, 2.75) is 47.6 Å². The van der Waals surface area contributed by atoms with Crippen LogP contribution in [0.4, 0.5) is 5.69 Å². The minimum atomic E-state index is -0.908. The van der Waals surface area contributed by atoms with Crippen molar-refractivity contribution in [2.75, 3.05) is 11.4 Å². The summed E-state index contributed by atoms with van der Waals surface area (Å²) in [6, 6.07) is 2.13. The first-order valence-electron chi connectivity index (χ1n) is 6.72. The summed E-state index contributed by atoms with van der Waals surface area (Å²) in [5.41, 5.74) is 2.53. The summed E-state index contributed by atoms with van der Waals surface area (Å²) in [7, 11) is 0. The second-order valence-electron chi connectivity index (χ2n) is 5.69. The van der Waals surface area contributed by atoms with Gasteiger partial charge in [-0.25, -0.2) is 4.79 Å². The average Bonchev–Trinajstić information content (AvgIpc) is 2.23. The van der Waals surface area contributed by atoms with Crippen molar-refractivity contribution in [1.29, 1.82) is 0 Å². The van der Waals surface area contributed by atoms with Gasteiger partial charge in [0.25, 0.3) is 0 Å². The number of pyridine rings is 1. The van der Waals surface area contributed by atoms with Crippen LogP contribution in [0.2, 0.25) is 0 Å². The molecule has 0 amide bonds. The Morgan fingerprint density at radius 1 is 1.32 bits per heavy atom. The van der Waals surface area contributed by atoms with Crippen molar-refractivity contribution in [1.82, 2.24) is 4.98 Å². The van der Waals surface area contributed by atoms with Crippen LogP contribution in [0.15, 0.2) is 6.07 Å². The van der Waals surface area contributed by atoms with Gasteiger partial charge in [0.15, 0.2) is 0 Å². The molecule has 1 heterocycles. The van der Waals surface area contributed by atoms with E-state index in [1.165, 1.54) is 0 Å². The van der Waals surface area contributed by atoms with Crippen LogP contribution in [0.25, 0.3) is 0 Å². The fourth-order valence-electron chi connectivity index (χ4n) is 2.28. The number of aryl methyl sites for hydroxylation is 2. The lowest BCUT2D eigenvalue weighted by atomic mass is 10.1. The molecule has 106 valence electrons. The fraction of sp³-hybridized carbons (Fsp3) is 0.600. The van der Waals surface area contributed by atoms with Crippen molar-refractivity contribution in [2.24, 2.45) is 5.92 Å². The zero-order valence-electron chi connectivity index (χ0n) is 12.7. The molecule has 4 heteroatoms. The molecule has 1 N–H and O–H groups in total. The van der Waals surface area contributed by atoms with Gasteiger partial charge in [0.2, 0.25) is 0 Å². The van der Waals surface area contributed by atoms with E-state index in [0.29, 0.717) is 17.2 Å². The largest absolute Gasteiger partial charge is 0.478 e. The third-order valence-electron chi connectivity index (χ3n) is 3.02. The number of carboxylic acid groups (broad SMARTS) is 1. The number of anilines is 1. The Morgan fingerprint density at radius 3 is 2.32 bits per heavy atom. The molecule has 0 aromatic carbocycles. The number of rotatable bonds is 5. The van der Waals surface area contributed by atoms with Crippen LogP contribution in [-0.2, 0) is 0 Å². The Labute approximate surface area is 115 Å². The van der Waals surface area contributed by atoms with Gasteiger partial charge >= 0.3 is 5.97 Å². The number of aromatic nitrogens is 1. The topological polar surface area (TPSA) is 53.4 Å². The normalized spacial score (nSPS) is 11.2. The lowest BCUT2D eigenvalue weighted by molar-refractivity contribution is 0.0696. The van der Waals surface area contributed by atoms with Crippen LogP contribution >= 0.6 is 0 Å². The maximum Gasteiger partial charge on any atom is 0.339 e. The van der Waals surface area contributed by atoms with Gasteiger partial charge in [-0.3, -0.25) is 4.98 Å². The van der Waals surface area contributed by atoms with Crippen molar-refractivity contribution in [3.05, 3.63) is 23.0 Å². The number of hydrogen-bond acceptors (Lipinski definition) is 3. The highest BCUT2D eigenvalue weighted by Gasteiger charge is 2.22. The zero-order valence-corrected chi connectivity index (χ0v) is 12.7. The summed E-state index contributed by atoms with van der Waals surface area (Å²) < 4.78 is 0. The van der Waals surface area contributed by atoms with E-state index in [-0.39, 0.29) is 6.04 Å². The van der Waals surface area contributed by atoms with Crippen LogP contribution in [0, 0.1) is 19.8 Å². The van der Waals surface area contributed by atoms with Gasteiger partial charge in [0, 0.05) is 18.3 Å². The molecule has 0 atom stereocenters. The molecule has 0 saturated heterocycles. The molecule has 0 spiro atoms. The summed E-state index contributed by atoms with van der Waals surface area (Å²) in [5, 5.41) is 9.44. The standard InChI is InChI=1S/C15H24N2O2/c1-9(2)8-17(10(3)4)13-7-11(5)16-12(6)14(13)15(18)19/h7,9-10H,8H2,1-6H3,(H,18,19). The monoisotopic (exact) mass is 264 g/mol. The second kappa shape index (κ2) is 6.04. The molecule has 19 heavy (non-hydrogen) atoms. The number of hydrogen-bond donors (Lipinski definition) is 1. The number of nitrogens with zero attached hydrogens (tertiary/aromatic N) is 2. The van der Waals surface area contributed by atoms with Crippen molar-refractivity contribution < 1.29 is 9.90 Å². The molecule has 0 aliphatic carbocycles. The molecule has 0 saturated carbocycles. The van der Waals surface area contributed by atoms with Crippen LogP contribution in [0.5, 0.6) is 0 Å². The van der Waals surface area contributed by atoms with Crippen molar-refractivity contribution >= 4 is 11.7 Å². The second-order valence-corrected chi connectivity index (χ2v) is 5.69. The lowest BCUT2D eigenvalue weighted by Crippen LogP contribution is -2.35. The first kappa shape index (κ1) is 15.5. The van der Waals surface area contributed by atoms with E-state index in [1.807, 2.05) is 13.0 Å². The van der Waals surface area contributed by atoms with E-state index in [1.54, 1.807) is 6.92 Å². The van der Waals surface area contributed by atoms with Gasteiger partial charge < -0.3 is 10.0 Å². The molecule has 1 rings (SSSR count). The molecule has 0 aliphatic heterocycles.